The summed E-state index contributed by atoms with van der Waals surface area (Å²) in [4.78, 5) is 2.57. The number of anilines is 1. The third kappa shape index (κ3) is 4.28. The summed E-state index contributed by atoms with van der Waals surface area (Å²) in [5, 5.41) is 1.11. The smallest absolute Gasteiger partial charge is 0.257 e. The van der Waals surface area contributed by atoms with E-state index in [1.54, 1.807) is 24.3 Å². The molecule has 7 heteroatoms. The highest BCUT2D eigenvalue weighted by Gasteiger charge is 2.20. The lowest BCUT2D eigenvalue weighted by atomic mass is 10.1. The van der Waals surface area contributed by atoms with Crippen molar-refractivity contribution >= 4 is 33.0 Å². The fourth-order valence-corrected chi connectivity index (χ4v) is 3.25. The molecule has 0 spiro atoms. The van der Waals surface area contributed by atoms with E-state index in [0.29, 0.717) is 5.69 Å². The van der Waals surface area contributed by atoms with Crippen LogP contribution in [0.25, 0.3) is 0 Å². The second-order valence-electron chi connectivity index (χ2n) is 5.10. The van der Waals surface area contributed by atoms with Crippen LogP contribution in [-0.2, 0) is 16.4 Å². The minimum absolute atomic E-state index is 0.0788. The van der Waals surface area contributed by atoms with Crippen LogP contribution in [0, 0.1) is 6.92 Å². The first kappa shape index (κ1) is 17.4. The molecule has 0 atom stereocenters. The molecule has 0 unspecified atom stereocenters. The highest BCUT2D eigenvalue weighted by atomic mass is 32.2. The quantitative estimate of drug-likeness (QED) is 0.641. The summed E-state index contributed by atoms with van der Waals surface area (Å²) in [6, 6.07) is 13.9. The third-order valence-corrected chi connectivity index (χ3v) is 4.86. The van der Waals surface area contributed by atoms with Gasteiger partial charge in [0.25, 0.3) is 10.0 Å². The number of hydrazine groups is 1. The predicted molar refractivity (Wildman–Crippen MR) is 96.6 cm³/mol. The van der Waals surface area contributed by atoms with Crippen LogP contribution in [0.4, 0.5) is 5.69 Å². The van der Waals surface area contributed by atoms with Gasteiger partial charge in [-0.1, -0.05) is 36.8 Å². The van der Waals surface area contributed by atoms with E-state index in [9.17, 15) is 8.42 Å². The third-order valence-electron chi connectivity index (χ3n) is 3.37. The molecule has 23 heavy (non-hydrogen) atoms. The van der Waals surface area contributed by atoms with Crippen LogP contribution in [0.15, 0.2) is 53.4 Å². The molecule has 5 nitrogen and oxygen atoms in total. The van der Waals surface area contributed by atoms with Crippen LogP contribution in [0.2, 0.25) is 0 Å². The monoisotopic (exact) mass is 349 g/mol. The molecule has 2 aromatic carbocycles. The topological polar surface area (TPSA) is 75.4 Å². The number of sulfonamides is 1. The van der Waals surface area contributed by atoms with E-state index in [4.69, 9.17) is 18.0 Å². The zero-order valence-corrected chi connectivity index (χ0v) is 14.6. The van der Waals surface area contributed by atoms with Gasteiger partial charge in [0.2, 0.25) is 0 Å². The van der Waals surface area contributed by atoms with Crippen molar-refractivity contribution in [1.82, 2.24) is 4.83 Å². The molecule has 0 aliphatic heterocycles. The Morgan fingerprint density at radius 2 is 1.70 bits per heavy atom. The van der Waals surface area contributed by atoms with Crippen molar-refractivity contribution in [3.05, 3.63) is 59.7 Å². The van der Waals surface area contributed by atoms with Gasteiger partial charge in [0.15, 0.2) is 5.11 Å². The van der Waals surface area contributed by atoms with Crippen molar-refractivity contribution in [2.24, 2.45) is 5.73 Å². The van der Waals surface area contributed by atoms with Crippen LogP contribution in [0.3, 0.4) is 0 Å². The van der Waals surface area contributed by atoms with Gasteiger partial charge in [-0.05, 0) is 55.4 Å². The Hall–Kier alpha value is -1.96. The zero-order valence-electron chi connectivity index (χ0n) is 13.0. The first-order chi connectivity index (χ1) is 10.8. The molecule has 0 aromatic heterocycles. The molecule has 0 heterocycles. The van der Waals surface area contributed by atoms with Crippen LogP contribution in [0.5, 0.6) is 0 Å². The van der Waals surface area contributed by atoms with E-state index in [2.05, 4.69) is 4.83 Å². The van der Waals surface area contributed by atoms with Gasteiger partial charge >= 0.3 is 0 Å². The van der Waals surface area contributed by atoms with Crippen molar-refractivity contribution in [2.75, 3.05) is 5.01 Å². The van der Waals surface area contributed by atoms with E-state index in [0.717, 1.165) is 17.5 Å². The largest absolute Gasteiger partial charge is 0.375 e. The summed E-state index contributed by atoms with van der Waals surface area (Å²) in [6.45, 7) is 3.93. The molecular formula is C16H19N3O2S2. The fourth-order valence-electron chi connectivity index (χ4n) is 2.00. The minimum atomic E-state index is -3.78. The van der Waals surface area contributed by atoms with Crippen LogP contribution < -0.4 is 15.6 Å². The van der Waals surface area contributed by atoms with E-state index in [1.165, 1.54) is 17.1 Å². The standard InChI is InChI=1S/C16H19N3O2S2/c1-3-13-6-8-14(9-7-13)19(16(17)22)18-23(20,21)15-10-4-12(2)5-11-15/h4-11,18H,3H2,1-2H3,(H2,17,22). The van der Waals surface area contributed by atoms with Crippen LogP contribution in [0.1, 0.15) is 18.1 Å². The molecule has 122 valence electrons. The molecular weight excluding hydrogens is 330 g/mol. The highest BCUT2D eigenvalue weighted by molar-refractivity contribution is 7.89. The molecule has 0 aliphatic rings. The molecule has 0 saturated carbocycles. The minimum Gasteiger partial charge on any atom is -0.375 e. The maximum absolute atomic E-state index is 12.5. The number of thiocarbonyl (C=S) groups is 1. The van der Waals surface area contributed by atoms with Crippen LogP contribution in [-0.4, -0.2) is 13.5 Å². The Kier molecular flexibility index (Phi) is 5.35. The predicted octanol–water partition coefficient (Wildman–Crippen LogP) is 2.50. The number of nitrogens with two attached hydrogens (primary N) is 1. The number of rotatable bonds is 5. The lowest BCUT2D eigenvalue weighted by Crippen LogP contribution is -2.48. The van der Waals surface area contributed by atoms with E-state index in [1.807, 2.05) is 26.0 Å². The molecule has 0 aliphatic carbocycles. The first-order valence-electron chi connectivity index (χ1n) is 7.11. The molecule has 0 radical (unpaired) electrons. The Morgan fingerprint density at radius 1 is 1.13 bits per heavy atom. The van der Waals surface area contributed by atoms with Gasteiger partial charge in [-0.25, -0.2) is 13.4 Å². The second-order valence-corrected chi connectivity index (χ2v) is 7.18. The summed E-state index contributed by atoms with van der Waals surface area (Å²) in [5.41, 5.74) is 8.35. The van der Waals surface area contributed by atoms with Gasteiger partial charge in [0.05, 0.1) is 10.6 Å². The summed E-state index contributed by atoms with van der Waals surface area (Å²) >= 11 is 4.98. The summed E-state index contributed by atoms with van der Waals surface area (Å²) in [5.74, 6) is 0. The fraction of sp³-hybridized carbons (Fsp3) is 0.188. The number of nitrogens with one attached hydrogen (secondary N) is 1. The summed E-state index contributed by atoms with van der Waals surface area (Å²) < 4.78 is 25.0. The first-order valence-corrected chi connectivity index (χ1v) is 9.00. The lowest BCUT2D eigenvalue weighted by Gasteiger charge is -2.23. The second kappa shape index (κ2) is 7.08. The van der Waals surface area contributed by atoms with Crippen LogP contribution >= 0.6 is 12.2 Å². The Balaban J connectivity index is 2.31. The Bertz CT molecular complexity index is 785. The van der Waals surface area contributed by atoms with Gasteiger partial charge in [-0.2, -0.15) is 0 Å². The number of hydrogen-bond donors (Lipinski definition) is 2. The average molecular weight is 349 g/mol. The maximum atomic E-state index is 12.5. The number of aryl methyl sites for hydroxylation is 2. The maximum Gasteiger partial charge on any atom is 0.257 e. The van der Waals surface area contributed by atoms with Gasteiger partial charge < -0.3 is 5.73 Å². The lowest BCUT2D eigenvalue weighted by molar-refractivity contribution is 0.583. The number of nitrogens with zero attached hydrogens (tertiary/aromatic N) is 1. The summed E-state index contributed by atoms with van der Waals surface area (Å²) in [7, 11) is -3.78. The van der Waals surface area contributed by atoms with Crippen molar-refractivity contribution in [3.8, 4) is 0 Å². The van der Waals surface area contributed by atoms with Crippen molar-refractivity contribution < 1.29 is 8.42 Å². The molecule has 2 rings (SSSR count). The Labute approximate surface area is 142 Å². The Morgan fingerprint density at radius 3 is 2.17 bits per heavy atom. The van der Waals surface area contributed by atoms with Gasteiger partial charge in [-0.15, -0.1) is 4.83 Å². The van der Waals surface area contributed by atoms with Crippen molar-refractivity contribution in [2.45, 2.75) is 25.2 Å². The van der Waals surface area contributed by atoms with Gasteiger partial charge in [-0.3, -0.25) is 0 Å². The normalized spacial score (nSPS) is 11.2. The van der Waals surface area contributed by atoms with E-state index in [-0.39, 0.29) is 10.0 Å². The molecule has 0 saturated heterocycles. The molecule has 0 fully saturated rings. The van der Waals surface area contributed by atoms with Crippen molar-refractivity contribution in [1.29, 1.82) is 0 Å². The van der Waals surface area contributed by atoms with E-state index >= 15 is 0 Å². The zero-order chi connectivity index (χ0) is 17.0. The van der Waals surface area contributed by atoms with Crippen molar-refractivity contribution in [3.63, 3.8) is 0 Å². The summed E-state index contributed by atoms with van der Waals surface area (Å²) in [6.07, 6.45) is 0.891. The SMILES string of the molecule is CCc1ccc(N(NS(=O)(=O)c2ccc(C)cc2)C(N)=S)cc1. The average Bonchev–Trinajstić information content (AvgIpc) is 2.53. The molecule has 0 amide bonds. The van der Waals surface area contributed by atoms with E-state index < -0.39 is 10.0 Å². The van der Waals surface area contributed by atoms with Gasteiger partial charge in [0, 0.05) is 0 Å². The van der Waals surface area contributed by atoms with Gasteiger partial charge in [0.1, 0.15) is 0 Å². The molecule has 3 N–H and O–H groups in total. The number of benzene rings is 2. The highest BCUT2D eigenvalue weighted by Crippen LogP contribution is 2.17. The molecule has 2 aromatic rings. The molecule has 0 bridgehead atoms. The number of hydrogen-bond acceptors (Lipinski definition) is 3.